The minimum atomic E-state index is 0.755. The normalized spacial score (nSPS) is 21.1. The molecule has 76 valence electrons. The minimum absolute atomic E-state index is 0.755. The fraction of sp³-hybridized carbons (Fsp3) is 0.500. The van der Waals surface area contributed by atoms with Crippen molar-refractivity contribution in [3.8, 4) is 0 Å². The van der Waals surface area contributed by atoms with Gasteiger partial charge in [-0.1, -0.05) is 11.6 Å². The van der Waals surface area contributed by atoms with E-state index in [1.165, 1.54) is 17.9 Å². The molecule has 0 aliphatic carbocycles. The van der Waals surface area contributed by atoms with Gasteiger partial charge in [0, 0.05) is 12.7 Å². The van der Waals surface area contributed by atoms with Crippen molar-refractivity contribution in [2.75, 3.05) is 23.4 Å². The summed E-state index contributed by atoms with van der Waals surface area (Å²) >= 11 is 8.03. The first-order chi connectivity index (χ1) is 6.86. The highest BCUT2D eigenvalue weighted by Crippen LogP contribution is 2.25. The van der Waals surface area contributed by atoms with Crippen LogP contribution in [-0.2, 0) is 0 Å². The highest BCUT2D eigenvalue weighted by molar-refractivity contribution is 7.99. The summed E-state index contributed by atoms with van der Waals surface area (Å²) in [6, 6.07) is 1.81. The molecule has 1 aliphatic heterocycles. The summed E-state index contributed by atoms with van der Waals surface area (Å²) in [6.45, 7) is 1.01. The molecule has 0 amide bonds. The molecule has 0 aromatic carbocycles. The van der Waals surface area contributed by atoms with Crippen LogP contribution in [0.15, 0.2) is 18.5 Å². The van der Waals surface area contributed by atoms with Gasteiger partial charge in [0.05, 0.1) is 16.9 Å². The Hall–Kier alpha value is -0.410. The van der Waals surface area contributed by atoms with Crippen LogP contribution >= 0.6 is 23.4 Å². The molecule has 4 heteroatoms. The molecule has 2 rings (SSSR count). The Bertz CT molecular complexity index is 300. The number of rotatable bonds is 3. The van der Waals surface area contributed by atoms with E-state index in [0.717, 1.165) is 23.2 Å². The molecule has 0 bridgehead atoms. The third-order valence-corrected chi connectivity index (χ3v) is 3.93. The minimum Gasteiger partial charge on any atom is -0.382 e. The van der Waals surface area contributed by atoms with E-state index in [9.17, 15) is 0 Å². The number of hydrogen-bond acceptors (Lipinski definition) is 3. The molecule has 2 heterocycles. The van der Waals surface area contributed by atoms with Crippen molar-refractivity contribution < 1.29 is 0 Å². The number of anilines is 1. The molecule has 1 N–H and O–H groups in total. The van der Waals surface area contributed by atoms with Crippen LogP contribution in [0.2, 0.25) is 5.02 Å². The third kappa shape index (κ3) is 2.55. The zero-order valence-corrected chi connectivity index (χ0v) is 9.44. The summed E-state index contributed by atoms with van der Waals surface area (Å²) in [5.74, 6) is 3.36. The quantitative estimate of drug-likeness (QED) is 0.861. The van der Waals surface area contributed by atoms with E-state index in [2.05, 4.69) is 10.3 Å². The molecule has 1 aromatic rings. The first-order valence-electron chi connectivity index (χ1n) is 4.77. The van der Waals surface area contributed by atoms with E-state index in [-0.39, 0.29) is 0 Å². The van der Waals surface area contributed by atoms with E-state index in [4.69, 9.17) is 11.6 Å². The second kappa shape index (κ2) is 4.89. The zero-order chi connectivity index (χ0) is 9.80. The van der Waals surface area contributed by atoms with Gasteiger partial charge in [-0.05, 0) is 29.9 Å². The van der Waals surface area contributed by atoms with Crippen molar-refractivity contribution >= 4 is 29.1 Å². The summed E-state index contributed by atoms with van der Waals surface area (Å²) < 4.78 is 0. The topological polar surface area (TPSA) is 24.9 Å². The van der Waals surface area contributed by atoms with Crippen LogP contribution in [-0.4, -0.2) is 23.0 Å². The summed E-state index contributed by atoms with van der Waals surface area (Å²) in [4.78, 5) is 4.04. The number of aromatic nitrogens is 1. The number of nitrogens with zero attached hydrogens (tertiary/aromatic N) is 1. The van der Waals surface area contributed by atoms with Crippen LogP contribution in [0.3, 0.4) is 0 Å². The average Bonchev–Trinajstić information content (AvgIpc) is 2.69. The second-order valence-electron chi connectivity index (χ2n) is 3.47. The van der Waals surface area contributed by atoms with Crippen LogP contribution in [0.5, 0.6) is 0 Å². The maximum absolute atomic E-state index is 6.00. The fourth-order valence-corrected chi connectivity index (χ4v) is 2.96. The lowest BCUT2D eigenvalue weighted by Gasteiger charge is -2.11. The number of nitrogens with one attached hydrogen (secondary N) is 1. The molecule has 1 atom stereocenters. The predicted molar refractivity (Wildman–Crippen MR) is 63.2 cm³/mol. The summed E-state index contributed by atoms with van der Waals surface area (Å²) in [5, 5.41) is 4.10. The van der Waals surface area contributed by atoms with Gasteiger partial charge in [0.1, 0.15) is 0 Å². The second-order valence-corrected chi connectivity index (χ2v) is 5.02. The van der Waals surface area contributed by atoms with Gasteiger partial charge in [-0.2, -0.15) is 11.8 Å². The largest absolute Gasteiger partial charge is 0.382 e. The molecule has 1 fully saturated rings. The average molecular weight is 229 g/mol. The molecular weight excluding hydrogens is 216 g/mol. The van der Waals surface area contributed by atoms with Crippen LogP contribution in [0.1, 0.15) is 6.42 Å². The predicted octanol–water partition coefficient (Wildman–Crippen LogP) is 2.90. The fourth-order valence-electron chi connectivity index (χ4n) is 1.51. The summed E-state index contributed by atoms with van der Waals surface area (Å²) in [6.07, 6.45) is 4.80. The molecule has 2 nitrogen and oxygen atoms in total. The van der Waals surface area contributed by atoms with E-state index in [0.29, 0.717) is 0 Å². The molecule has 1 aromatic heterocycles. The smallest absolute Gasteiger partial charge is 0.0716 e. The maximum atomic E-state index is 6.00. The number of halogens is 1. The third-order valence-electron chi connectivity index (χ3n) is 2.37. The van der Waals surface area contributed by atoms with Crippen molar-refractivity contribution in [1.29, 1.82) is 0 Å². The molecular formula is C10H13ClN2S. The Balaban J connectivity index is 1.88. The Morgan fingerprint density at radius 1 is 1.64 bits per heavy atom. The van der Waals surface area contributed by atoms with Gasteiger partial charge in [0.25, 0.3) is 0 Å². The molecule has 1 aliphatic rings. The Morgan fingerprint density at radius 3 is 3.29 bits per heavy atom. The van der Waals surface area contributed by atoms with E-state index in [1.54, 1.807) is 12.4 Å². The summed E-state index contributed by atoms with van der Waals surface area (Å²) in [5.41, 5.74) is 0.950. The van der Waals surface area contributed by atoms with Crippen molar-refractivity contribution in [3.63, 3.8) is 0 Å². The van der Waals surface area contributed by atoms with E-state index >= 15 is 0 Å². The monoisotopic (exact) mass is 228 g/mol. The lowest BCUT2D eigenvalue weighted by Crippen LogP contribution is -2.13. The van der Waals surface area contributed by atoms with Gasteiger partial charge in [-0.15, -0.1) is 0 Å². The Kier molecular flexibility index (Phi) is 3.54. The van der Waals surface area contributed by atoms with Gasteiger partial charge >= 0.3 is 0 Å². The lowest BCUT2D eigenvalue weighted by molar-refractivity contribution is 0.632. The molecule has 1 saturated heterocycles. The standard InChI is InChI=1S/C10H13ClN2S/c11-9-1-3-12-6-10(9)13-5-8-2-4-14-7-8/h1,3,6,8,13H,2,4-5,7H2. The Labute approximate surface area is 93.4 Å². The van der Waals surface area contributed by atoms with Crippen LogP contribution < -0.4 is 5.32 Å². The van der Waals surface area contributed by atoms with E-state index in [1.807, 2.05) is 17.8 Å². The highest BCUT2D eigenvalue weighted by atomic mass is 35.5. The molecule has 14 heavy (non-hydrogen) atoms. The van der Waals surface area contributed by atoms with Crippen LogP contribution in [0.4, 0.5) is 5.69 Å². The van der Waals surface area contributed by atoms with Gasteiger partial charge in [0.15, 0.2) is 0 Å². The highest BCUT2D eigenvalue weighted by Gasteiger charge is 2.15. The van der Waals surface area contributed by atoms with Gasteiger partial charge in [-0.25, -0.2) is 0 Å². The molecule has 1 unspecified atom stereocenters. The first-order valence-corrected chi connectivity index (χ1v) is 6.30. The summed E-state index contributed by atoms with van der Waals surface area (Å²) in [7, 11) is 0. The molecule has 0 spiro atoms. The number of thioether (sulfide) groups is 1. The SMILES string of the molecule is Clc1ccncc1NCC1CCSC1. The molecule has 0 saturated carbocycles. The van der Waals surface area contributed by atoms with Crippen molar-refractivity contribution in [3.05, 3.63) is 23.5 Å². The van der Waals surface area contributed by atoms with Crippen molar-refractivity contribution in [2.24, 2.45) is 5.92 Å². The number of hydrogen-bond donors (Lipinski definition) is 1. The van der Waals surface area contributed by atoms with Crippen molar-refractivity contribution in [2.45, 2.75) is 6.42 Å². The van der Waals surface area contributed by atoms with E-state index < -0.39 is 0 Å². The first kappa shape index (κ1) is 10.1. The van der Waals surface area contributed by atoms with Crippen LogP contribution in [0, 0.1) is 5.92 Å². The number of pyridine rings is 1. The van der Waals surface area contributed by atoms with Crippen LogP contribution in [0.25, 0.3) is 0 Å². The maximum Gasteiger partial charge on any atom is 0.0716 e. The van der Waals surface area contributed by atoms with Gasteiger partial charge < -0.3 is 5.32 Å². The van der Waals surface area contributed by atoms with Crippen molar-refractivity contribution in [1.82, 2.24) is 4.98 Å². The van der Waals surface area contributed by atoms with Gasteiger partial charge in [0.2, 0.25) is 0 Å². The lowest BCUT2D eigenvalue weighted by atomic mass is 10.1. The molecule has 0 radical (unpaired) electrons. The Morgan fingerprint density at radius 2 is 2.57 bits per heavy atom. The van der Waals surface area contributed by atoms with Gasteiger partial charge in [-0.3, -0.25) is 4.98 Å². The zero-order valence-electron chi connectivity index (χ0n) is 7.87.